The highest BCUT2D eigenvalue weighted by atomic mass is 35.5. The minimum absolute atomic E-state index is 0. The van der Waals surface area contributed by atoms with Crippen LogP contribution in [0.15, 0.2) is 48.5 Å². The number of nitrogens with zero attached hydrogens (tertiary/aromatic N) is 4. The van der Waals surface area contributed by atoms with Gasteiger partial charge in [0, 0.05) is 37.2 Å². The first-order valence-electron chi connectivity index (χ1n) is 17.5. The number of hydrogen-bond acceptors (Lipinski definition) is 5. The maximum Gasteiger partial charge on any atom is 0.320 e. The van der Waals surface area contributed by atoms with Gasteiger partial charge in [-0.2, -0.15) is 5.10 Å². The van der Waals surface area contributed by atoms with Crippen molar-refractivity contribution >= 4 is 43.2 Å². The third-order valence-corrected chi connectivity index (χ3v) is 10.3. The smallest absolute Gasteiger partial charge is 0.320 e. The molecule has 1 saturated carbocycles. The van der Waals surface area contributed by atoms with Gasteiger partial charge in [0.2, 0.25) is 0 Å². The van der Waals surface area contributed by atoms with Crippen LogP contribution in [-0.4, -0.2) is 76.0 Å². The number of piperidine rings is 1. The Labute approximate surface area is 315 Å². The normalized spacial score (nSPS) is 20.2. The van der Waals surface area contributed by atoms with Crippen molar-refractivity contribution in [2.45, 2.75) is 96.7 Å². The zero-order chi connectivity index (χ0) is 33.7. The summed E-state index contributed by atoms with van der Waals surface area (Å²) in [5.74, 6) is 0.128. The molecule has 1 aliphatic heterocycles. The molecular formula is C38H55Cl3F2N4O3. The van der Waals surface area contributed by atoms with Crippen LogP contribution in [0.3, 0.4) is 0 Å². The number of aryl methyl sites for hydroxylation is 1. The summed E-state index contributed by atoms with van der Waals surface area (Å²) in [6.07, 6.45) is 4.97. The molecule has 0 amide bonds. The van der Waals surface area contributed by atoms with E-state index < -0.39 is 12.0 Å². The lowest BCUT2D eigenvalue weighted by molar-refractivity contribution is -0.144. The molecule has 7 nitrogen and oxygen atoms in total. The molecule has 3 unspecified atom stereocenters. The molecule has 1 N–H and O–H groups in total. The molecule has 2 heterocycles. The molecule has 0 spiro atoms. The maximum atomic E-state index is 14.5. The second kappa shape index (κ2) is 20.0. The molecule has 5 rings (SSSR count). The van der Waals surface area contributed by atoms with Crippen LogP contribution in [0.4, 0.5) is 8.78 Å². The summed E-state index contributed by atoms with van der Waals surface area (Å²) in [7, 11) is 1.96. The van der Waals surface area contributed by atoms with Gasteiger partial charge >= 0.3 is 5.97 Å². The van der Waals surface area contributed by atoms with Gasteiger partial charge < -0.3 is 14.7 Å². The van der Waals surface area contributed by atoms with Gasteiger partial charge in [0.1, 0.15) is 11.9 Å². The molecule has 4 atom stereocenters. The molecule has 1 aromatic heterocycles. The molecule has 0 radical (unpaired) electrons. The van der Waals surface area contributed by atoms with Crippen LogP contribution in [0.1, 0.15) is 94.1 Å². The van der Waals surface area contributed by atoms with Crippen LogP contribution in [0.2, 0.25) is 0 Å². The Balaban J connectivity index is 0.00000289. The average Bonchev–Trinajstić information content (AvgIpc) is 3.65. The van der Waals surface area contributed by atoms with E-state index in [2.05, 4.69) is 41.3 Å². The number of ether oxygens (including phenoxy) is 1. The molecule has 1 saturated heterocycles. The Morgan fingerprint density at radius 2 is 1.76 bits per heavy atom. The molecule has 1 aliphatic carbocycles. The van der Waals surface area contributed by atoms with E-state index in [0.717, 1.165) is 68.7 Å². The molecule has 3 aromatic rings. The van der Waals surface area contributed by atoms with Gasteiger partial charge in [-0.05, 0) is 125 Å². The highest BCUT2D eigenvalue weighted by Crippen LogP contribution is 2.43. The molecular weight excluding hydrogens is 705 g/mol. The third kappa shape index (κ3) is 10.8. The summed E-state index contributed by atoms with van der Waals surface area (Å²) in [5.41, 5.74) is 4.09. The Morgan fingerprint density at radius 1 is 1.04 bits per heavy atom. The number of carboxylic acid groups (broad SMARTS) is 1. The second-order valence-electron chi connectivity index (χ2n) is 14.0. The highest BCUT2D eigenvalue weighted by Gasteiger charge is 2.41. The first-order valence-corrected chi connectivity index (χ1v) is 17.5. The molecule has 2 aliphatic rings. The van der Waals surface area contributed by atoms with E-state index in [4.69, 9.17) is 9.84 Å². The van der Waals surface area contributed by atoms with E-state index in [1.165, 1.54) is 11.8 Å². The molecule has 280 valence electrons. The lowest BCUT2D eigenvalue weighted by Gasteiger charge is -2.35. The Hall–Kier alpha value is -2.43. The fourth-order valence-electron chi connectivity index (χ4n) is 7.95. The minimum atomic E-state index is -0.768. The van der Waals surface area contributed by atoms with Crippen LogP contribution in [-0.2, 0) is 17.8 Å². The highest BCUT2D eigenvalue weighted by molar-refractivity contribution is 5.86. The van der Waals surface area contributed by atoms with Crippen molar-refractivity contribution in [1.82, 2.24) is 19.6 Å². The fraction of sp³-hybridized carbons (Fsp3) is 0.579. The monoisotopic (exact) mass is 758 g/mol. The predicted octanol–water partition coefficient (Wildman–Crippen LogP) is 8.61. The lowest BCUT2D eigenvalue weighted by Crippen LogP contribution is -2.45. The summed E-state index contributed by atoms with van der Waals surface area (Å²) in [6, 6.07) is 13.9. The minimum Gasteiger partial charge on any atom is -0.491 e. The van der Waals surface area contributed by atoms with Crippen LogP contribution in [0.25, 0.3) is 0 Å². The SMILES string of the molecule is CCOc1ccc(Cc2cc(C3CCN(CC4CC(N(C)[C@H](CC(C)C)C(=O)O)CC4c4cccc(F)c4)CC3)n(CC)n2)cc1F.Cl.Cl.Cl. The number of aliphatic carboxylic acids is 1. The molecule has 12 heteroatoms. The maximum absolute atomic E-state index is 14.5. The second-order valence-corrected chi connectivity index (χ2v) is 14.0. The largest absolute Gasteiger partial charge is 0.491 e. The zero-order valence-electron chi connectivity index (χ0n) is 29.9. The third-order valence-electron chi connectivity index (χ3n) is 10.3. The first-order chi connectivity index (χ1) is 22.6. The number of carboxylic acids is 1. The molecule has 0 bridgehead atoms. The number of carbonyl (C=O) groups is 1. The van der Waals surface area contributed by atoms with E-state index >= 15 is 0 Å². The number of hydrogen-bond donors (Lipinski definition) is 1. The number of likely N-dealkylation sites (N-methyl/N-ethyl adjacent to an activating group) is 1. The van der Waals surface area contributed by atoms with Crippen molar-refractivity contribution in [2.75, 3.05) is 33.3 Å². The van der Waals surface area contributed by atoms with Crippen molar-refractivity contribution in [1.29, 1.82) is 0 Å². The van der Waals surface area contributed by atoms with Crippen LogP contribution in [0, 0.1) is 23.5 Å². The van der Waals surface area contributed by atoms with Crippen molar-refractivity contribution in [3.05, 3.63) is 82.7 Å². The average molecular weight is 760 g/mol. The van der Waals surface area contributed by atoms with E-state index in [-0.39, 0.29) is 72.5 Å². The van der Waals surface area contributed by atoms with Gasteiger partial charge in [-0.15, -0.1) is 37.2 Å². The van der Waals surface area contributed by atoms with Crippen molar-refractivity contribution < 1.29 is 23.4 Å². The standard InChI is InChI=1S/C38H52F2N4O3.3ClH/c1-6-44-35(22-31(41-44)18-26-11-12-37(47-7-2)34(40)19-26)27-13-15-43(16-14-27)24-29-21-32(42(5)36(38(45)46)17-25(3)4)23-33(29)28-9-8-10-30(39)20-28;;;/h8-12,19-20,22,25,27,29,32-33,36H,6-7,13-18,21,23-24H2,1-5H3,(H,45,46);3*1H/t29?,32?,33?,36-;;;/m1.../s1. The van der Waals surface area contributed by atoms with Gasteiger partial charge in [-0.25, -0.2) is 8.78 Å². The first kappa shape index (κ1) is 43.7. The van der Waals surface area contributed by atoms with Gasteiger partial charge in [-0.1, -0.05) is 32.0 Å². The number of benzene rings is 2. The van der Waals surface area contributed by atoms with E-state index in [1.54, 1.807) is 24.3 Å². The van der Waals surface area contributed by atoms with Gasteiger partial charge in [0.25, 0.3) is 0 Å². The summed E-state index contributed by atoms with van der Waals surface area (Å²) in [6.45, 7) is 12.2. The Morgan fingerprint density at radius 3 is 2.36 bits per heavy atom. The molecule has 2 aromatic carbocycles. The summed E-state index contributed by atoms with van der Waals surface area (Å²) >= 11 is 0. The topological polar surface area (TPSA) is 70.8 Å². The zero-order valence-corrected chi connectivity index (χ0v) is 32.3. The van der Waals surface area contributed by atoms with Gasteiger partial charge in [-0.3, -0.25) is 14.4 Å². The predicted molar refractivity (Wildman–Crippen MR) is 203 cm³/mol. The van der Waals surface area contributed by atoms with E-state index in [9.17, 15) is 18.7 Å². The van der Waals surface area contributed by atoms with Crippen molar-refractivity contribution in [2.24, 2.45) is 11.8 Å². The summed E-state index contributed by atoms with van der Waals surface area (Å²) in [5, 5.41) is 14.9. The molecule has 2 fully saturated rings. The fourth-order valence-corrected chi connectivity index (χ4v) is 7.95. The summed E-state index contributed by atoms with van der Waals surface area (Å²) in [4.78, 5) is 16.9. The van der Waals surface area contributed by atoms with Crippen LogP contribution < -0.4 is 4.74 Å². The number of likely N-dealkylation sites (tertiary alicyclic amines) is 1. The number of halogens is 5. The van der Waals surface area contributed by atoms with Gasteiger partial charge in [0.15, 0.2) is 11.6 Å². The van der Waals surface area contributed by atoms with Crippen LogP contribution >= 0.6 is 37.2 Å². The Bertz CT molecular complexity index is 1500. The number of rotatable bonds is 14. The Kier molecular flexibility index (Phi) is 17.5. The molecule has 50 heavy (non-hydrogen) atoms. The number of aromatic nitrogens is 2. The lowest BCUT2D eigenvalue weighted by atomic mass is 9.87. The van der Waals surface area contributed by atoms with Crippen LogP contribution in [0.5, 0.6) is 5.75 Å². The quantitative estimate of drug-likeness (QED) is 0.178. The van der Waals surface area contributed by atoms with E-state index in [0.29, 0.717) is 31.3 Å². The summed E-state index contributed by atoms with van der Waals surface area (Å²) < 4.78 is 36.3. The van der Waals surface area contributed by atoms with Crippen molar-refractivity contribution in [3.63, 3.8) is 0 Å². The van der Waals surface area contributed by atoms with Crippen molar-refractivity contribution in [3.8, 4) is 5.75 Å². The van der Waals surface area contributed by atoms with Gasteiger partial charge in [0.05, 0.1) is 12.3 Å². The van der Waals surface area contributed by atoms with E-state index in [1.807, 2.05) is 26.1 Å².